The molecule has 3 rings (SSSR count). The van der Waals surface area contributed by atoms with E-state index in [1.54, 1.807) is 25.1 Å². The first kappa shape index (κ1) is 17.7. The van der Waals surface area contributed by atoms with Crippen LogP contribution in [0.3, 0.4) is 0 Å². The second kappa shape index (κ2) is 7.40. The van der Waals surface area contributed by atoms with Crippen LogP contribution in [0.1, 0.15) is 21.9 Å². The Labute approximate surface area is 151 Å². The van der Waals surface area contributed by atoms with Gasteiger partial charge in [0, 0.05) is 17.7 Å². The maximum atomic E-state index is 11.6. The number of carbonyl (C=O) groups is 1. The van der Waals surface area contributed by atoms with Crippen molar-refractivity contribution in [3.05, 3.63) is 57.5 Å². The number of aryl methyl sites for hydroxylation is 1. The third kappa shape index (κ3) is 3.75. The second-order valence-corrected chi connectivity index (χ2v) is 6.07. The minimum atomic E-state index is -0.492. The summed E-state index contributed by atoms with van der Waals surface area (Å²) >= 11 is 1.22. The molecule has 3 aromatic rings. The molecule has 0 unspecified atom stereocenters. The van der Waals surface area contributed by atoms with Crippen LogP contribution in [0.15, 0.2) is 44.4 Å². The van der Waals surface area contributed by atoms with Crippen molar-refractivity contribution in [2.45, 2.75) is 17.9 Å². The zero-order valence-electron chi connectivity index (χ0n) is 13.8. The molecule has 0 saturated heterocycles. The molecule has 0 fully saturated rings. The Morgan fingerprint density at radius 2 is 2.12 bits per heavy atom. The van der Waals surface area contributed by atoms with E-state index in [9.17, 15) is 14.9 Å². The number of non-ortho nitro benzene ring substituents is 1. The summed E-state index contributed by atoms with van der Waals surface area (Å²) in [4.78, 5) is 21.9. The van der Waals surface area contributed by atoms with Gasteiger partial charge in [0.2, 0.25) is 5.89 Å². The van der Waals surface area contributed by atoms with Gasteiger partial charge in [-0.1, -0.05) is 17.8 Å². The van der Waals surface area contributed by atoms with Gasteiger partial charge >= 0.3 is 5.97 Å². The number of hydrogen-bond donors (Lipinski definition) is 0. The number of thioether (sulfide) groups is 1. The fraction of sp³-hybridized carbons (Fsp3) is 0.188. The molecule has 0 amide bonds. The lowest BCUT2D eigenvalue weighted by Gasteiger charge is -1.95. The average molecular weight is 375 g/mol. The molecule has 0 aliphatic rings. The van der Waals surface area contributed by atoms with Gasteiger partial charge < -0.3 is 13.6 Å². The number of furan rings is 1. The first-order valence-electron chi connectivity index (χ1n) is 7.36. The summed E-state index contributed by atoms with van der Waals surface area (Å²) in [7, 11) is 1.30. The van der Waals surface area contributed by atoms with Gasteiger partial charge in [-0.3, -0.25) is 10.1 Å². The lowest BCUT2D eigenvalue weighted by atomic mass is 10.2. The lowest BCUT2D eigenvalue weighted by Crippen LogP contribution is -2.00. The number of esters is 1. The number of carbonyl (C=O) groups excluding carboxylic acids is 1. The van der Waals surface area contributed by atoms with Crippen molar-refractivity contribution in [1.29, 1.82) is 0 Å². The van der Waals surface area contributed by atoms with Crippen LogP contribution in [0, 0.1) is 17.0 Å². The zero-order chi connectivity index (χ0) is 18.7. The molecule has 0 N–H and O–H groups in total. The molecule has 0 aliphatic heterocycles. The molecule has 0 aliphatic carbocycles. The van der Waals surface area contributed by atoms with E-state index in [2.05, 4.69) is 14.9 Å². The third-order valence-electron chi connectivity index (χ3n) is 3.42. The number of ether oxygens (including phenoxy) is 1. The van der Waals surface area contributed by atoms with E-state index < -0.39 is 10.9 Å². The van der Waals surface area contributed by atoms with Gasteiger partial charge in [-0.25, -0.2) is 4.79 Å². The van der Waals surface area contributed by atoms with Crippen LogP contribution in [-0.2, 0) is 10.5 Å². The van der Waals surface area contributed by atoms with Gasteiger partial charge in [-0.2, -0.15) is 0 Å². The highest BCUT2D eigenvalue weighted by molar-refractivity contribution is 7.98. The fourth-order valence-corrected chi connectivity index (χ4v) is 2.84. The highest BCUT2D eigenvalue weighted by Gasteiger charge is 2.17. The van der Waals surface area contributed by atoms with E-state index in [-0.39, 0.29) is 16.8 Å². The molecular weight excluding hydrogens is 362 g/mol. The first-order chi connectivity index (χ1) is 12.5. The maximum Gasteiger partial charge on any atom is 0.341 e. The van der Waals surface area contributed by atoms with Crippen LogP contribution in [0.5, 0.6) is 0 Å². The van der Waals surface area contributed by atoms with Crippen molar-refractivity contribution in [2.75, 3.05) is 7.11 Å². The molecule has 26 heavy (non-hydrogen) atoms. The third-order valence-corrected chi connectivity index (χ3v) is 4.26. The molecule has 0 spiro atoms. The van der Waals surface area contributed by atoms with E-state index in [0.717, 1.165) is 0 Å². The van der Waals surface area contributed by atoms with Crippen molar-refractivity contribution in [3.63, 3.8) is 0 Å². The van der Waals surface area contributed by atoms with Crippen LogP contribution >= 0.6 is 11.8 Å². The van der Waals surface area contributed by atoms with Crippen molar-refractivity contribution in [2.24, 2.45) is 0 Å². The Morgan fingerprint density at radius 3 is 2.85 bits per heavy atom. The highest BCUT2D eigenvalue weighted by Crippen LogP contribution is 2.28. The van der Waals surface area contributed by atoms with Gasteiger partial charge in [-0.05, 0) is 19.1 Å². The van der Waals surface area contributed by atoms with Crippen LogP contribution in [0.2, 0.25) is 0 Å². The normalized spacial score (nSPS) is 10.7. The quantitative estimate of drug-likeness (QED) is 0.275. The number of benzene rings is 1. The Kier molecular flexibility index (Phi) is 5.03. The van der Waals surface area contributed by atoms with Crippen LogP contribution in [-0.4, -0.2) is 28.2 Å². The Bertz CT molecular complexity index is 965. The standard InChI is InChI=1S/C16H13N3O6S/c1-9-13(15(20)23-2)7-12(24-9)8-26-16-18-17-14(25-16)10-4-3-5-11(6-10)19(21)22/h3-7H,8H2,1-2H3. The molecule has 0 atom stereocenters. The molecule has 1 aromatic carbocycles. The predicted octanol–water partition coefficient (Wildman–Crippen LogP) is 3.63. The van der Waals surface area contributed by atoms with E-state index >= 15 is 0 Å². The summed E-state index contributed by atoms with van der Waals surface area (Å²) in [6, 6.07) is 7.54. The molecule has 0 bridgehead atoms. The molecule has 2 aromatic heterocycles. The topological polar surface area (TPSA) is 122 Å². The molecule has 0 saturated carbocycles. The summed E-state index contributed by atoms with van der Waals surface area (Å²) in [5.41, 5.74) is 0.766. The molecule has 134 valence electrons. The minimum Gasteiger partial charge on any atom is -0.465 e. The summed E-state index contributed by atoms with van der Waals surface area (Å²) in [5.74, 6) is 1.11. The smallest absolute Gasteiger partial charge is 0.341 e. The molecule has 10 heteroatoms. The number of aromatic nitrogens is 2. The first-order valence-corrected chi connectivity index (χ1v) is 8.35. The summed E-state index contributed by atoms with van der Waals surface area (Å²) < 4.78 is 15.7. The van der Waals surface area contributed by atoms with Crippen molar-refractivity contribution in [1.82, 2.24) is 10.2 Å². The number of nitrogens with zero attached hydrogens (tertiary/aromatic N) is 3. The molecular formula is C16H13N3O6S. The van der Waals surface area contributed by atoms with E-state index in [1.807, 2.05) is 0 Å². The van der Waals surface area contributed by atoms with E-state index in [1.165, 1.54) is 31.0 Å². The summed E-state index contributed by atoms with van der Waals surface area (Å²) in [6.45, 7) is 1.67. The van der Waals surface area contributed by atoms with Crippen LogP contribution < -0.4 is 0 Å². The Hall–Kier alpha value is -3.14. The zero-order valence-corrected chi connectivity index (χ0v) is 14.6. The number of rotatable bonds is 6. The van der Waals surface area contributed by atoms with Crippen molar-refractivity contribution >= 4 is 23.4 Å². The van der Waals surface area contributed by atoms with Crippen LogP contribution in [0.4, 0.5) is 5.69 Å². The second-order valence-electron chi connectivity index (χ2n) is 5.14. The molecule has 9 nitrogen and oxygen atoms in total. The lowest BCUT2D eigenvalue weighted by molar-refractivity contribution is -0.384. The van der Waals surface area contributed by atoms with Crippen LogP contribution in [0.25, 0.3) is 11.5 Å². The highest BCUT2D eigenvalue weighted by atomic mass is 32.2. The van der Waals surface area contributed by atoms with Gasteiger partial charge in [0.25, 0.3) is 10.9 Å². The van der Waals surface area contributed by atoms with Gasteiger partial charge in [-0.15, -0.1) is 10.2 Å². The number of methoxy groups -OCH3 is 1. The largest absolute Gasteiger partial charge is 0.465 e. The number of hydrogen-bond acceptors (Lipinski definition) is 9. The predicted molar refractivity (Wildman–Crippen MR) is 90.7 cm³/mol. The Balaban J connectivity index is 1.70. The van der Waals surface area contributed by atoms with Gasteiger partial charge in [0.05, 0.1) is 17.8 Å². The van der Waals surface area contributed by atoms with Gasteiger partial charge in [0.15, 0.2) is 0 Å². The van der Waals surface area contributed by atoms with Crippen molar-refractivity contribution in [3.8, 4) is 11.5 Å². The summed E-state index contributed by atoms with van der Waals surface area (Å²) in [5, 5.41) is 18.9. The molecule has 0 radical (unpaired) electrons. The van der Waals surface area contributed by atoms with E-state index in [4.69, 9.17) is 8.83 Å². The maximum absolute atomic E-state index is 11.6. The SMILES string of the molecule is COC(=O)c1cc(CSc2nnc(-c3cccc([N+](=O)[O-])c3)o2)oc1C. The Morgan fingerprint density at radius 1 is 1.31 bits per heavy atom. The fourth-order valence-electron chi connectivity index (χ4n) is 2.20. The van der Waals surface area contributed by atoms with E-state index in [0.29, 0.717) is 28.4 Å². The van der Waals surface area contributed by atoms with Crippen molar-refractivity contribution < 1.29 is 23.3 Å². The summed E-state index contributed by atoms with van der Waals surface area (Å²) in [6.07, 6.45) is 0. The number of nitro groups is 1. The number of nitro benzene ring substituents is 1. The average Bonchev–Trinajstić information content (AvgIpc) is 3.26. The minimum absolute atomic E-state index is 0.0590. The monoisotopic (exact) mass is 375 g/mol. The molecule has 2 heterocycles. The van der Waals surface area contributed by atoms with Gasteiger partial charge in [0.1, 0.15) is 17.1 Å².